The Bertz CT molecular complexity index is 1560. The number of aryl methyl sites for hydroxylation is 1. The molecule has 13 heteroatoms. The number of benzene rings is 3. The quantitative estimate of drug-likeness (QED) is 0.134. The topological polar surface area (TPSA) is 183 Å². The summed E-state index contributed by atoms with van der Waals surface area (Å²) in [6.07, 6.45) is 1.24. The van der Waals surface area contributed by atoms with Gasteiger partial charge in [-0.15, -0.1) is 0 Å². The van der Waals surface area contributed by atoms with E-state index in [9.17, 15) is 29.6 Å². The van der Waals surface area contributed by atoms with Gasteiger partial charge in [-0.1, -0.05) is 30.3 Å². The maximum absolute atomic E-state index is 13.4. The van der Waals surface area contributed by atoms with E-state index < -0.39 is 34.9 Å². The fourth-order valence-electron chi connectivity index (χ4n) is 4.99. The molecule has 0 bridgehead atoms. The van der Waals surface area contributed by atoms with Crippen LogP contribution in [0.1, 0.15) is 34.7 Å². The minimum absolute atomic E-state index is 0.00156. The number of ether oxygens (including phenoxy) is 1. The van der Waals surface area contributed by atoms with Crippen LogP contribution in [0.15, 0.2) is 78.8 Å². The molecule has 230 valence electrons. The number of amides is 1. The molecule has 0 aliphatic carbocycles. The Labute approximate surface area is 253 Å². The Morgan fingerprint density at radius 2 is 1.66 bits per heavy atom. The predicted octanol–water partition coefficient (Wildman–Crippen LogP) is 3.61. The van der Waals surface area contributed by atoms with E-state index in [4.69, 9.17) is 9.84 Å². The predicted molar refractivity (Wildman–Crippen MR) is 162 cm³/mol. The lowest BCUT2D eigenvalue weighted by atomic mass is 10.0. The van der Waals surface area contributed by atoms with Gasteiger partial charge in [0.15, 0.2) is 5.82 Å². The number of nitro groups is 1. The molecule has 2 atom stereocenters. The van der Waals surface area contributed by atoms with Crippen molar-refractivity contribution in [2.45, 2.75) is 37.9 Å². The van der Waals surface area contributed by atoms with Gasteiger partial charge >= 0.3 is 11.9 Å². The maximum Gasteiger partial charge on any atom is 0.326 e. The highest BCUT2D eigenvalue weighted by atomic mass is 16.6. The Hall–Kier alpha value is -5.43. The molecule has 0 fully saturated rings. The summed E-state index contributed by atoms with van der Waals surface area (Å²) in [7, 11) is 3.30. The van der Waals surface area contributed by atoms with Crippen LogP contribution < -0.4 is 20.7 Å². The number of aliphatic carboxylic acids is 2. The highest BCUT2D eigenvalue weighted by molar-refractivity contribution is 5.89. The van der Waals surface area contributed by atoms with Gasteiger partial charge in [-0.2, -0.15) is 0 Å². The van der Waals surface area contributed by atoms with Crippen molar-refractivity contribution in [2.75, 3.05) is 24.8 Å². The van der Waals surface area contributed by atoms with Crippen molar-refractivity contribution < 1.29 is 34.3 Å². The summed E-state index contributed by atoms with van der Waals surface area (Å²) < 4.78 is 5.14. The highest BCUT2D eigenvalue weighted by Gasteiger charge is 2.35. The summed E-state index contributed by atoms with van der Waals surface area (Å²) in [5.41, 5.74) is 4.18. The van der Waals surface area contributed by atoms with Crippen LogP contribution in [0, 0.1) is 10.1 Å². The molecule has 3 aromatic rings. The van der Waals surface area contributed by atoms with Gasteiger partial charge in [0.1, 0.15) is 17.8 Å². The number of carbonyl (C=O) groups is 3. The van der Waals surface area contributed by atoms with Gasteiger partial charge in [0.05, 0.1) is 12.0 Å². The van der Waals surface area contributed by atoms with Gasteiger partial charge in [0.2, 0.25) is 5.91 Å². The molecule has 2 unspecified atom stereocenters. The van der Waals surface area contributed by atoms with Gasteiger partial charge in [0, 0.05) is 30.8 Å². The maximum atomic E-state index is 13.4. The second kappa shape index (κ2) is 14.2. The van der Waals surface area contributed by atoms with E-state index in [2.05, 4.69) is 16.0 Å². The molecule has 1 amide bonds. The van der Waals surface area contributed by atoms with Gasteiger partial charge in [-0.05, 0) is 72.1 Å². The van der Waals surface area contributed by atoms with Gasteiger partial charge in [-0.3, -0.25) is 24.6 Å². The molecular weight excluding hydrogens is 570 g/mol. The number of fused-ring (bicyclic) bond motifs is 1. The molecular formula is C31H33N5O8. The van der Waals surface area contributed by atoms with Crippen molar-refractivity contribution in [1.29, 1.82) is 0 Å². The number of likely N-dealkylation sites (N-methyl/N-ethyl adjacent to an activating group) is 1. The number of carbonyl (C=O) groups excluding carboxylic acids is 1. The third-order valence-corrected chi connectivity index (χ3v) is 7.13. The summed E-state index contributed by atoms with van der Waals surface area (Å²) in [6.45, 7) is 0.401. The van der Waals surface area contributed by atoms with Crippen LogP contribution in [-0.4, -0.2) is 58.1 Å². The molecule has 0 spiro atoms. The molecule has 44 heavy (non-hydrogen) atoms. The summed E-state index contributed by atoms with van der Waals surface area (Å²) in [6, 6.07) is 17.2. The van der Waals surface area contributed by atoms with Crippen LogP contribution in [0.25, 0.3) is 0 Å². The first-order chi connectivity index (χ1) is 21.0. The number of rotatable bonds is 14. The average Bonchev–Trinajstić information content (AvgIpc) is 3.31. The number of nitrogens with one attached hydrogen (secondary N) is 3. The third-order valence-electron chi connectivity index (χ3n) is 7.13. The van der Waals surface area contributed by atoms with E-state index in [0.717, 1.165) is 17.3 Å². The minimum Gasteiger partial charge on any atom is -0.497 e. The first-order valence-corrected chi connectivity index (χ1v) is 13.7. The summed E-state index contributed by atoms with van der Waals surface area (Å²) in [5.74, 6) is -1.77. The molecule has 3 aromatic carbocycles. The number of carboxylic acid groups (broad SMARTS) is 2. The van der Waals surface area contributed by atoms with Crippen LogP contribution in [-0.2, 0) is 33.8 Å². The molecule has 13 nitrogen and oxygen atoms in total. The number of nitrogens with zero attached hydrogens (tertiary/aromatic N) is 2. The number of hydrogen-bond acceptors (Lipinski definition) is 9. The van der Waals surface area contributed by atoms with Crippen molar-refractivity contribution in [2.24, 2.45) is 0 Å². The van der Waals surface area contributed by atoms with Gasteiger partial charge in [-0.25, -0.2) is 4.79 Å². The lowest BCUT2D eigenvalue weighted by molar-refractivity contribution is -0.403. The summed E-state index contributed by atoms with van der Waals surface area (Å²) in [4.78, 5) is 48.7. The molecule has 0 aromatic heterocycles. The van der Waals surface area contributed by atoms with Crippen LogP contribution in [0.5, 0.6) is 5.75 Å². The number of methoxy groups -OCH3 is 1. The monoisotopic (exact) mass is 603 g/mol. The van der Waals surface area contributed by atoms with Gasteiger partial charge in [0.25, 0.3) is 6.20 Å². The zero-order valence-corrected chi connectivity index (χ0v) is 24.1. The summed E-state index contributed by atoms with van der Waals surface area (Å²) in [5, 5.41) is 38.6. The number of hydrogen-bond donors (Lipinski definition) is 5. The van der Waals surface area contributed by atoms with E-state index in [1.807, 2.05) is 0 Å². The van der Waals surface area contributed by atoms with E-state index in [-0.39, 0.29) is 18.7 Å². The van der Waals surface area contributed by atoms with Crippen molar-refractivity contribution in [1.82, 2.24) is 10.2 Å². The van der Waals surface area contributed by atoms with Crippen LogP contribution in [0.2, 0.25) is 0 Å². The lowest BCUT2D eigenvalue weighted by Gasteiger charge is -2.23. The summed E-state index contributed by atoms with van der Waals surface area (Å²) >= 11 is 0. The largest absolute Gasteiger partial charge is 0.497 e. The van der Waals surface area contributed by atoms with E-state index in [1.165, 1.54) is 0 Å². The average molecular weight is 604 g/mol. The third kappa shape index (κ3) is 8.32. The van der Waals surface area contributed by atoms with E-state index >= 15 is 0 Å². The van der Waals surface area contributed by atoms with E-state index in [0.29, 0.717) is 41.2 Å². The first kappa shape index (κ1) is 31.5. The number of anilines is 2. The molecule has 4 rings (SSSR count). The lowest BCUT2D eigenvalue weighted by Crippen LogP contribution is -2.46. The second-order valence-corrected chi connectivity index (χ2v) is 10.4. The molecule has 1 heterocycles. The molecule has 0 saturated carbocycles. The Morgan fingerprint density at radius 1 is 1.02 bits per heavy atom. The van der Waals surface area contributed by atoms with Crippen LogP contribution in [0.4, 0.5) is 11.4 Å². The smallest absolute Gasteiger partial charge is 0.326 e. The molecule has 1 aliphatic heterocycles. The molecule has 0 radical (unpaired) electrons. The van der Waals surface area contributed by atoms with Crippen molar-refractivity contribution in [3.05, 3.63) is 111 Å². The zero-order chi connectivity index (χ0) is 31.8. The second-order valence-electron chi connectivity index (χ2n) is 10.4. The van der Waals surface area contributed by atoms with Crippen molar-refractivity contribution in [3.8, 4) is 5.75 Å². The van der Waals surface area contributed by atoms with Crippen molar-refractivity contribution >= 4 is 29.2 Å². The van der Waals surface area contributed by atoms with Crippen LogP contribution >= 0.6 is 0 Å². The number of carboxylic acids is 2. The normalized spacial score (nSPS) is 15.1. The fourth-order valence-corrected chi connectivity index (χ4v) is 4.99. The first-order valence-electron chi connectivity index (χ1n) is 13.7. The zero-order valence-electron chi connectivity index (χ0n) is 24.1. The van der Waals surface area contributed by atoms with E-state index in [1.54, 1.807) is 85.8 Å². The Kier molecular flexibility index (Phi) is 10.1. The molecule has 0 saturated heterocycles. The Morgan fingerprint density at radius 3 is 2.27 bits per heavy atom. The molecule has 1 aliphatic rings. The van der Waals surface area contributed by atoms with Crippen LogP contribution in [0.3, 0.4) is 0 Å². The standard InChI is InChI=1S/C31H33N5O8/c1-35-17-21-16-23(33-27(18-36(42)43)32-22-8-11-24(44-2)12-9-22)10-13-25(21)29(35)30(39)34-26(31(40)41)15-20-5-3-19(4-6-20)7-14-28(37)38/h3-6,8-13,16,18,26,29,32-33H,7,14-15,17H2,1-2H3,(H,34,39)(H,37,38)(H,40,41). The highest BCUT2D eigenvalue weighted by Crippen LogP contribution is 2.34. The van der Waals surface area contributed by atoms with Crippen molar-refractivity contribution in [3.63, 3.8) is 0 Å². The fraction of sp³-hybridized carbons (Fsp3) is 0.258. The molecule has 5 N–H and O–H groups in total. The SMILES string of the molecule is COc1ccc(NC(=C[N+](=O)[O-])Nc2ccc3c(c2)CN(C)C3C(=O)NC(Cc2ccc(CCC(=O)O)cc2)C(=O)O)cc1. The Balaban J connectivity index is 1.44. The van der Waals surface area contributed by atoms with Gasteiger partial charge < -0.3 is 30.9 Å². The minimum atomic E-state index is -1.18.